The number of phenolic OH excluding ortho intramolecular Hbond substituents is 1. The van der Waals surface area contributed by atoms with Crippen LogP contribution in [-0.2, 0) is 0 Å². The fourth-order valence-corrected chi connectivity index (χ4v) is 1.15. The van der Waals surface area contributed by atoms with Gasteiger partial charge in [-0.3, -0.25) is 0 Å². The largest absolute Gasteiger partial charge is 0.502 e. The second kappa shape index (κ2) is 3.26. The lowest BCUT2D eigenvalue weighted by Gasteiger charge is -2.05. The third-order valence-electron chi connectivity index (χ3n) is 1.31. The van der Waals surface area contributed by atoms with E-state index in [1.54, 1.807) is 0 Å². The van der Waals surface area contributed by atoms with E-state index in [1.165, 1.54) is 0 Å². The summed E-state index contributed by atoms with van der Waals surface area (Å²) in [6.45, 7) is 0. The van der Waals surface area contributed by atoms with Gasteiger partial charge < -0.3 is 9.84 Å². The molecule has 0 fully saturated rings. The Kier molecular flexibility index (Phi) is 2.52. The molecule has 1 N–H and O–H groups in total. The van der Waals surface area contributed by atoms with E-state index in [4.69, 9.17) is 5.11 Å². The van der Waals surface area contributed by atoms with Gasteiger partial charge in [0.1, 0.15) is 0 Å². The van der Waals surface area contributed by atoms with Gasteiger partial charge in [0.25, 0.3) is 0 Å². The van der Waals surface area contributed by atoms with Gasteiger partial charge in [-0.25, -0.2) is 8.78 Å². The van der Waals surface area contributed by atoms with E-state index in [-0.39, 0.29) is 4.47 Å². The monoisotopic (exact) mass is 238 g/mol. The van der Waals surface area contributed by atoms with Crippen LogP contribution >= 0.6 is 15.9 Å². The van der Waals surface area contributed by atoms with Crippen molar-refractivity contribution >= 4 is 15.9 Å². The number of aromatic hydroxyl groups is 1. The number of hydrogen-bond acceptors (Lipinski definition) is 2. The van der Waals surface area contributed by atoms with E-state index in [0.29, 0.717) is 0 Å². The van der Waals surface area contributed by atoms with Crippen LogP contribution in [0, 0.1) is 11.6 Å². The Morgan fingerprint density at radius 1 is 1.50 bits per heavy atom. The van der Waals surface area contributed by atoms with Crippen molar-refractivity contribution in [1.29, 1.82) is 0 Å². The van der Waals surface area contributed by atoms with Gasteiger partial charge in [-0.05, 0) is 22.0 Å². The summed E-state index contributed by atoms with van der Waals surface area (Å²) in [5.74, 6) is -3.07. The van der Waals surface area contributed by atoms with Crippen molar-refractivity contribution in [2.45, 2.75) is 0 Å². The molecule has 0 aliphatic carbocycles. The molecule has 0 aromatic heterocycles. The SMILES string of the molecule is COc1c(F)cc(Br)c(F)c1O. The lowest BCUT2D eigenvalue weighted by molar-refractivity contribution is 0.336. The predicted octanol–water partition coefficient (Wildman–Crippen LogP) is 2.44. The Hall–Kier alpha value is -0.840. The molecule has 0 heterocycles. The van der Waals surface area contributed by atoms with Crippen molar-refractivity contribution in [2.75, 3.05) is 7.11 Å². The van der Waals surface area contributed by atoms with Crippen LogP contribution in [0.1, 0.15) is 0 Å². The summed E-state index contributed by atoms with van der Waals surface area (Å²) in [6.07, 6.45) is 0. The Morgan fingerprint density at radius 3 is 2.58 bits per heavy atom. The molecule has 1 aromatic carbocycles. The zero-order valence-electron chi connectivity index (χ0n) is 6.07. The maximum atomic E-state index is 12.8. The highest BCUT2D eigenvalue weighted by molar-refractivity contribution is 9.10. The molecule has 0 aliphatic rings. The van der Waals surface area contributed by atoms with Gasteiger partial charge >= 0.3 is 0 Å². The lowest BCUT2D eigenvalue weighted by atomic mass is 10.3. The lowest BCUT2D eigenvalue weighted by Crippen LogP contribution is -1.91. The second-order valence-corrected chi connectivity index (χ2v) is 2.89. The van der Waals surface area contributed by atoms with Crippen LogP contribution in [0.2, 0.25) is 0 Å². The minimum Gasteiger partial charge on any atom is -0.502 e. The van der Waals surface area contributed by atoms with E-state index in [2.05, 4.69) is 20.7 Å². The van der Waals surface area contributed by atoms with Gasteiger partial charge in [0.15, 0.2) is 23.1 Å². The van der Waals surface area contributed by atoms with Crippen LogP contribution in [0.15, 0.2) is 10.5 Å². The number of phenols is 1. The zero-order valence-corrected chi connectivity index (χ0v) is 7.65. The van der Waals surface area contributed by atoms with Crippen LogP contribution in [0.25, 0.3) is 0 Å². The average Bonchev–Trinajstić information content (AvgIpc) is 2.01. The molecule has 0 atom stereocenters. The molecule has 0 radical (unpaired) electrons. The molecule has 12 heavy (non-hydrogen) atoms. The minimum atomic E-state index is -0.937. The maximum absolute atomic E-state index is 12.8. The molecule has 2 nitrogen and oxygen atoms in total. The average molecular weight is 239 g/mol. The van der Waals surface area contributed by atoms with E-state index in [9.17, 15) is 8.78 Å². The Morgan fingerprint density at radius 2 is 2.08 bits per heavy atom. The van der Waals surface area contributed by atoms with Crippen molar-refractivity contribution in [3.63, 3.8) is 0 Å². The summed E-state index contributed by atoms with van der Waals surface area (Å²) in [7, 11) is 1.14. The van der Waals surface area contributed by atoms with Crippen LogP contribution in [0.5, 0.6) is 11.5 Å². The predicted molar refractivity (Wildman–Crippen MR) is 42.3 cm³/mol. The molecule has 0 spiro atoms. The molecule has 0 amide bonds. The fraction of sp³-hybridized carbons (Fsp3) is 0.143. The summed E-state index contributed by atoms with van der Waals surface area (Å²) >= 11 is 2.73. The Bertz CT molecular complexity index is 315. The molecule has 0 saturated heterocycles. The number of methoxy groups -OCH3 is 1. The number of halogens is 3. The third-order valence-corrected chi connectivity index (χ3v) is 1.88. The summed E-state index contributed by atoms with van der Waals surface area (Å²) in [5.41, 5.74) is 0. The first-order valence-corrected chi connectivity index (χ1v) is 3.77. The quantitative estimate of drug-likeness (QED) is 0.762. The standard InChI is InChI=1S/C7H5BrF2O2/c1-12-7-4(9)2-3(8)5(10)6(7)11/h2,11H,1H3. The van der Waals surface area contributed by atoms with Crippen LogP contribution in [-0.4, -0.2) is 12.2 Å². The first-order chi connectivity index (χ1) is 5.57. The van der Waals surface area contributed by atoms with Gasteiger partial charge in [-0.2, -0.15) is 0 Å². The van der Waals surface area contributed by atoms with Crippen molar-refractivity contribution in [3.8, 4) is 11.5 Å². The van der Waals surface area contributed by atoms with Crippen LogP contribution in [0.4, 0.5) is 8.78 Å². The molecular formula is C7H5BrF2O2. The zero-order chi connectivity index (χ0) is 9.30. The highest BCUT2D eigenvalue weighted by atomic mass is 79.9. The van der Waals surface area contributed by atoms with Gasteiger partial charge in [-0.15, -0.1) is 0 Å². The van der Waals surface area contributed by atoms with Crippen LogP contribution in [0.3, 0.4) is 0 Å². The van der Waals surface area contributed by atoms with Gasteiger partial charge in [0, 0.05) is 0 Å². The van der Waals surface area contributed by atoms with Crippen molar-refractivity contribution in [2.24, 2.45) is 0 Å². The highest BCUT2D eigenvalue weighted by Gasteiger charge is 2.16. The topological polar surface area (TPSA) is 29.5 Å². The Balaban J connectivity index is 3.40. The molecule has 0 saturated carbocycles. The number of rotatable bonds is 1. The fourth-order valence-electron chi connectivity index (χ4n) is 0.760. The number of ether oxygens (including phenoxy) is 1. The van der Waals surface area contributed by atoms with Gasteiger partial charge in [-0.1, -0.05) is 0 Å². The van der Waals surface area contributed by atoms with E-state index in [0.717, 1.165) is 13.2 Å². The van der Waals surface area contributed by atoms with Crippen molar-refractivity contribution in [1.82, 2.24) is 0 Å². The molecule has 0 unspecified atom stereocenters. The van der Waals surface area contributed by atoms with E-state index >= 15 is 0 Å². The molecule has 66 valence electrons. The van der Waals surface area contributed by atoms with E-state index in [1.807, 2.05) is 0 Å². The summed E-state index contributed by atoms with van der Waals surface area (Å²) in [5, 5.41) is 8.99. The first kappa shape index (κ1) is 9.25. The minimum absolute atomic E-state index is 0.140. The second-order valence-electron chi connectivity index (χ2n) is 2.04. The Labute approximate surface area is 75.9 Å². The molecule has 5 heteroatoms. The summed E-state index contributed by atoms with van der Waals surface area (Å²) in [4.78, 5) is 0. The van der Waals surface area contributed by atoms with Crippen molar-refractivity contribution in [3.05, 3.63) is 22.2 Å². The molecule has 0 bridgehead atoms. The normalized spacial score (nSPS) is 10.0. The highest BCUT2D eigenvalue weighted by Crippen LogP contribution is 2.35. The summed E-state index contributed by atoms with van der Waals surface area (Å²) in [6, 6.07) is 0.883. The molecule has 1 rings (SSSR count). The number of hydrogen-bond donors (Lipinski definition) is 1. The van der Waals surface area contributed by atoms with Crippen LogP contribution < -0.4 is 4.74 Å². The van der Waals surface area contributed by atoms with Gasteiger partial charge in [0.2, 0.25) is 0 Å². The summed E-state index contributed by atoms with van der Waals surface area (Å²) < 4.78 is 29.9. The number of benzene rings is 1. The molecular weight excluding hydrogens is 234 g/mol. The maximum Gasteiger partial charge on any atom is 0.199 e. The first-order valence-electron chi connectivity index (χ1n) is 2.98. The third kappa shape index (κ3) is 1.36. The van der Waals surface area contributed by atoms with Gasteiger partial charge in [0.05, 0.1) is 11.6 Å². The molecule has 1 aromatic rings. The smallest absolute Gasteiger partial charge is 0.199 e. The van der Waals surface area contributed by atoms with Crippen molar-refractivity contribution < 1.29 is 18.6 Å². The van der Waals surface area contributed by atoms with E-state index < -0.39 is 23.1 Å². The molecule has 0 aliphatic heterocycles.